The standard InChI is InChI=1S/C16H29N3S/c1-3-10-14-15(13-17-4-2)20-16(18-14)19-11-8-6-5-7-9-12-19/h17H,3-13H2,1-2H3. The van der Waals surface area contributed by atoms with Crippen LogP contribution in [0.1, 0.15) is 62.9 Å². The van der Waals surface area contributed by atoms with Crippen molar-refractivity contribution in [2.45, 2.75) is 65.3 Å². The van der Waals surface area contributed by atoms with Gasteiger partial charge in [0, 0.05) is 24.5 Å². The minimum Gasteiger partial charge on any atom is -0.348 e. The van der Waals surface area contributed by atoms with E-state index in [-0.39, 0.29) is 0 Å². The van der Waals surface area contributed by atoms with Crippen LogP contribution in [-0.2, 0) is 13.0 Å². The molecule has 2 heterocycles. The molecule has 4 heteroatoms. The average Bonchev–Trinajstić information content (AvgIpc) is 2.79. The molecule has 20 heavy (non-hydrogen) atoms. The second-order valence-electron chi connectivity index (χ2n) is 5.65. The Hall–Kier alpha value is -0.610. The zero-order valence-electron chi connectivity index (χ0n) is 13.1. The molecule has 1 aliphatic rings. The number of nitrogens with zero attached hydrogens (tertiary/aromatic N) is 2. The van der Waals surface area contributed by atoms with Crippen LogP contribution in [0.25, 0.3) is 0 Å². The minimum absolute atomic E-state index is 0.983. The van der Waals surface area contributed by atoms with Crippen molar-refractivity contribution in [2.75, 3.05) is 24.5 Å². The highest BCUT2D eigenvalue weighted by atomic mass is 32.1. The predicted molar refractivity (Wildman–Crippen MR) is 88.8 cm³/mol. The summed E-state index contributed by atoms with van der Waals surface area (Å²) < 4.78 is 0. The van der Waals surface area contributed by atoms with E-state index in [1.165, 1.54) is 67.3 Å². The van der Waals surface area contributed by atoms with Crippen LogP contribution in [-0.4, -0.2) is 24.6 Å². The molecule has 3 nitrogen and oxygen atoms in total. The van der Waals surface area contributed by atoms with E-state index in [1.54, 1.807) is 0 Å². The number of aryl methyl sites for hydroxylation is 1. The third-order valence-electron chi connectivity index (χ3n) is 3.92. The van der Waals surface area contributed by atoms with E-state index in [0.717, 1.165) is 19.5 Å². The molecule has 1 aliphatic heterocycles. The molecular formula is C16H29N3S. The Morgan fingerprint density at radius 1 is 1.10 bits per heavy atom. The summed E-state index contributed by atoms with van der Waals surface area (Å²) in [5.74, 6) is 0. The molecule has 0 amide bonds. The fourth-order valence-electron chi connectivity index (χ4n) is 2.75. The Kier molecular flexibility index (Phi) is 6.80. The molecule has 1 saturated heterocycles. The summed E-state index contributed by atoms with van der Waals surface area (Å²) in [5.41, 5.74) is 1.33. The van der Waals surface area contributed by atoms with Gasteiger partial charge < -0.3 is 10.2 Å². The van der Waals surface area contributed by atoms with Crippen LogP contribution < -0.4 is 10.2 Å². The lowest BCUT2D eigenvalue weighted by molar-refractivity contribution is 0.555. The first-order chi connectivity index (χ1) is 9.85. The monoisotopic (exact) mass is 295 g/mol. The summed E-state index contributed by atoms with van der Waals surface area (Å²) in [5, 5.41) is 4.72. The van der Waals surface area contributed by atoms with Crippen LogP contribution >= 0.6 is 11.3 Å². The highest BCUT2D eigenvalue weighted by Crippen LogP contribution is 2.29. The zero-order valence-corrected chi connectivity index (χ0v) is 13.9. The van der Waals surface area contributed by atoms with Crippen molar-refractivity contribution in [3.8, 4) is 0 Å². The Morgan fingerprint density at radius 3 is 2.45 bits per heavy atom. The Morgan fingerprint density at radius 2 is 1.80 bits per heavy atom. The molecule has 0 atom stereocenters. The summed E-state index contributed by atoms with van der Waals surface area (Å²) >= 11 is 1.91. The largest absolute Gasteiger partial charge is 0.348 e. The summed E-state index contributed by atoms with van der Waals surface area (Å²) in [6, 6.07) is 0. The number of rotatable bonds is 6. The maximum absolute atomic E-state index is 4.95. The van der Waals surface area contributed by atoms with Crippen molar-refractivity contribution in [1.29, 1.82) is 0 Å². The predicted octanol–water partition coefficient (Wildman–Crippen LogP) is 3.98. The molecule has 1 aromatic heterocycles. The molecule has 0 saturated carbocycles. The normalized spacial score (nSPS) is 17.0. The average molecular weight is 295 g/mol. The molecule has 0 unspecified atom stereocenters. The van der Waals surface area contributed by atoms with Gasteiger partial charge in [0.2, 0.25) is 0 Å². The van der Waals surface area contributed by atoms with Gasteiger partial charge in [-0.3, -0.25) is 0 Å². The second kappa shape index (κ2) is 8.63. The molecule has 0 bridgehead atoms. The molecule has 1 fully saturated rings. The van der Waals surface area contributed by atoms with E-state index in [2.05, 4.69) is 24.1 Å². The van der Waals surface area contributed by atoms with Crippen molar-refractivity contribution < 1.29 is 0 Å². The van der Waals surface area contributed by atoms with Crippen LogP contribution in [0, 0.1) is 0 Å². The van der Waals surface area contributed by atoms with Crippen molar-refractivity contribution >= 4 is 16.5 Å². The molecule has 0 aliphatic carbocycles. The third-order valence-corrected chi connectivity index (χ3v) is 5.07. The zero-order chi connectivity index (χ0) is 14.2. The summed E-state index contributed by atoms with van der Waals surface area (Å²) in [4.78, 5) is 8.93. The number of nitrogens with one attached hydrogen (secondary N) is 1. The summed E-state index contributed by atoms with van der Waals surface area (Å²) in [7, 11) is 0. The van der Waals surface area contributed by atoms with Crippen LogP contribution in [0.5, 0.6) is 0 Å². The lowest BCUT2D eigenvalue weighted by atomic mass is 10.1. The fourth-order valence-corrected chi connectivity index (χ4v) is 3.88. The van der Waals surface area contributed by atoms with Crippen LogP contribution in [0.3, 0.4) is 0 Å². The van der Waals surface area contributed by atoms with E-state index >= 15 is 0 Å². The number of hydrogen-bond donors (Lipinski definition) is 1. The molecule has 0 spiro atoms. The van der Waals surface area contributed by atoms with Gasteiger partial charge in [-0.25, -0.2) is 4.98 Å². The number of aromatic nitrogens is 1. The first kappa shape index (κ1) is 15.8. The van der Waals surface area contributed by atoms with Gasteiger partial charge in [-0.1, -0.05) is 39.5 Å². The first-order valence-electron chi connectivity index (χ1n) is 8.29. The minimum atomic E-state index is 0.983. The number of thiazole rings is 1. The molecule has 114 valence electrons. The van der Waals surface area contributed by atoms with Crippen LogP contribution in [0.2, 0.25) is 0 Å². The quantitative estimate of drug-likeness (QED) is 0.860. The van der Waals surface area contributed by atoms with Gasteiger partial charge in [-0.15, -0.1) is 11.3 Å². The number of anilines is 1. The summed E-state index contributed by atoms with van der Waals surface area (Å²) in [6.45, 7) is 8.81. The van der Waals surface area contributed by atoms with Gasteiger partial charge in [-0.05, 0) is 25.8 Å². The Balaban J connectivity index is 2.08. The molecule has 1 aromatic rings. The maximum Gasteiger partial charge on any atom is 0.185 e. The van der Waals surface area contributed by atoms with Crippen molar-refractivity contribution in [3.63, 3.8) is 0 Å². The van der Waals surface area contributed by atoms with Crippen molar-refractivity contribution in [1.82, 2.24) is 10.3 Å². The smallest absolute Gasteiger partial charge is 0.185 e. The topological polar surface area (TPSA) is 28.2 Å². The van der Waals surface area contributed by atoms with E-state index in [0.29, 0.717) is 0 Å². The van der Waals surface area contributed by atoms with E-state index < -0.39 is 0 Å². The van der Waals surface area contributed by atoms with Gasteiger partial charge in [0.1, 0.15) is 0 Å². The van der Waals surface area contributed by atoms with Crippen molar-refractivity contribution in [3.05, 3.63) is 10.6 Å². The lowest BCUT2D eigenvalue weighted by Crippen LogP contribution is -2.26. The molecule has 2 rings (SSSR count). The summed E-state index contributed by atoms with van der Waals surface area (Å²) in [6.07, 6.45) is 9.13. The second-order valence-corrected chi connectivity index (χ2v) is 6.71. The van der Waals surface area contributed by atoms with E-state index in [1.807, 2.05) is 11.3 Å². The van der Waals surface area contributed by atoms with Gasteiger partial charge >= 0.3 is 0 Å². The van der Waals surface area contributed by atoms with Gasteiger partial charge in [0.05, 0.1) is 5.69 Å². The van der Waals surface area contributed by atoms with E-state index in [9.17, 15) is 0 Å². The Bertz CT molecular complexity index is 381. The molecule has 0 aromatic carbocycles. The fraction of sp³-hybridized carbons (Fsp3) is 0.812. The lowest BCUT2D eigenvalue weighted by Gasteiger charge is -2.23. The Labute approximate surface area is 127 Å². The molecule has 0 radical (unpaired) electrons. The third kappa shape index (κ3) is 4.45. The van der Waals surface area contributed by atoms with Crippen molar-refractivity contribution in [2.24, 2.45) is 0 Å². The maximum atomic E-state index is 4.95. The molecular weight excluding hydrogens is 266 g/mol. The first-order valence-corrected chi connectivity index (χ1v) is 9.11. The van der Waals surface area contributed by atoms with E-state index in [4.69, 9.17) is 4.98 Å². The van der Waals surface area contributed by atoms with Crippen LogP contribution in [0.4, 0.5) is 5.13 Å². The van der Waals surface area contributed by atoms with Gasteiger partial charge in [0.15, 0.2) is 5.13 Å². The highest BCUT2D eigenvalue weighted by molar-refractivity contribution is 7.15. The highest BCUT2D eigenvalue weighted by Gasteiger charge is 2.16. The van der Waals surface area contributed by atoms with Gasteiger partial charge in [-0.2, -0.15) is 0 Å². The number of hydrogen-bond acceptors (Lipinski definition) is 4. The SMILES string of the molecule is CCCc1nc(N2CCCCCCC2)sc1CNCC. The van der Waals surface area contributed by atoms with Crippen LogP contribution in [0.15, 0.2) is 0 Å². The van der Waals surface area contributed by atoms with Gasteiger partial charge in [0.25, 0.3) is 0 Å². The molecule has 1 N–H and O–H groups in total.